The van der Waals surface area contributed by atoms with Crippen LogP contribution >= 0.6 is 11.3 Å². The van der Waals surface area contributed by atoms with Crippen LogP contribution in [0.25, 0.3) is 10.2 Å². The standard InChI is InChI=1S/C18H19N3O3S/c1-4-24-18(23)14-10(2)13-16(22)20-15(21-17(13)25-14)11(3)19-12-8-6-5-7-9-12/h5-9,11,19H,4H2,1-3H3,(H,20,21,22)/t11-/m1/s1. The first-order valence-corrected chi connectivity index (χ1v) is 8.85. The van der Waals surface area contributed by atoms with E-state index in [1.165, 1.54) is 11.3 Å². The van der Waals surface area contributed by atoms with Crippen molar-refractivity contribution < 1.29 is 9.53 Å². The Hall–Kier alpha value is -2.67. The molecule has 3 aromatic rings. The molecule has 0 aliphatic carbocycles. The van der Waals surface area contributed by atoms with Crippen molar-refractivity contribution in [3.63, 3.8) is 0 Å². The Kier molecular flexibility index (Phi) is 4.85. The van der Waals surface area contributed by atoms with E-state index in [4.69, 9.17) is 4.74 Å². The molecule has 3 rings (SSSR count). The highest BCUT2D eigenvalue weighted by molar-refractivity contribution is 7.20. The number of esters is 1. The molecule has 0 amide bonds. The molecule has 0 aliphatic heterocycles. The van der Waals surface area contributed by atoms with Crippen LogP contribution in [-0.4, -0.2) is 22.5 Å². The average Bonchev–Trinajstić information content (AvgIpc) is 2.93. The lowest BCUT2D eigenvalue weighted by Crippen LogP contribution is -2.17. The molecule has 25 heavy (non-hydrogen) atoms. The molecule has 6 nitrogen and oxygen atoms in total. The molecule has 1 aromatic carbocycles. The smallest absolute Gasteiger partial charge is 0.348 e. The zero-order valence-electron chi connectivity index (χ0n) is 14.3. The Morgan fingerprint density at radius 2 is 2.08 bits per heavy atom. The first kappa shape index (κ1) is 17.2. The van der Waals surface area contributed by atoms with E-state index in [9.17, 15) is 9.59 Å². The lowest BCUT2D eigenvalue weighted by Gasteiger charge is -2.14. The summed E-state index contributed by atoms with van der Waals surface area (Å²) in [6.45, 7) is 5.71. The van der Waals surface area contributed by atoms with Crippen LogP contribution in [0.2, 0.25) is 0 Å². The summed E-state index contributed by atoms with van der Waals surface area (Å²) in [7, 11) is 0. The van der Waals surface area contributed by atoms with Gasteiger partial charge in [0.15, 0.2) is 0 Å². The van der Waals surface area contributed by atoms with E-state index >= 15 is 0 Å². The molecule has 0 fully saturated rings. The van der Waals surface area contributed by atoms with E-state index < -0.39 is 5.97 Å². The van der Waals surface area contributed by atoms with Gasteiger partial charge in [-0.05, 0) is 38.5 Å². The maximum atomic E-state index is 12.5. The highest BCUT2D eigenvalue weighted by atomic mass is 32.1. The van der Waals surface area contributed by atoms with Crippen LogP contribution < -0.4 is 10.9 Å². The number of aryl methyl sites for hydroxylation is 1. The number of ether oxygens (including phenoxy) is 1. The van der Waals surface area contributed by atoms with Crippen LogP contribution in [0.1, 0.15) is 40.9 Å². The molecule has 0 aliphatic rings. The quantitative estimate of drug-likeness (QED) is 0.681. The Balaban J connectivity index is 1.98. The van der Waals surface area contributed by atoms with Crippen LogP contribution in [0, 0.1) is 6.92 Å². The molecule has 2 heterocycles. The summed E-state index contributed by atoms with van der Waals surface area (Å²) < 4.78 is 5.05. The molecule has 2 aromatic heterocycles. The van der Waals surface area contributed by atoms with Gasteiger partial charge in [0, 0.05) is 5.69 Å². The van der Waals surface area contributed by atoms with Crippen molar-refractivity contribution >= 4 is 33.2 Å². The Morgan fingerprint density at radius 1 is 1.36 bits per heavy atom. The summed E-state index contributed by atoms with van der Waals surface area (Å²) >= 11 is 1.19. The van der Waals surface area contributed by atoms with Crippen molar-refractivity contribution in [2.24, 2.45) is 0 Å². The molecule has 0 saturated carbocycles. The Bertz CT molecular complexity index is 963. The van der Waals surface area contributed by atoms with Crippen molar-refractivity contribution in [1.82, 2.24) is 9.97 Å². The number of anilines is 1. The summed E-state index contributed by atoms with van der Waals surface area (Å²) in [5.74, 6) is 0.109. The zero-order chi connectivity index (χ0) is 18.0. The number of nitrogens with zero attached hydrogens (tertiary/aromatic N) is 1. The molecular weight excluding hydrogens is 338 g/mol. The summed E-state index contributed by atoms with van der Waals surface area (Å²) in [4.78, 5) is 32.9. The molecule has 0 saturated heterocycles. The lowest BCUT2D eigenvalue weighted by atomic mass is 10.2. The van der Waals surface area contributed by atoms with Gasteiger partial charge in [0.25, 0.3) is 5.56 Å². The summed E-state index contributed by atoms with van der Waals surface area (Å²) in [5, 5.41) is 3.74. The van der Waals surface area contributed by atoms with Crippen molar-refractivity contribution in [2.45, 2.75) is 26.8 Å². The predicted molar refractivity (Wildman–Crippen MR) is 99.4 cm³/mol. The molecule has 0 radical (unpaired) electrons. The molecule has 7 heteroatoms. The first-order chi connectivity index (χ1) is 12.0. The number of aromatic nitrogens is 2. The summed E-state index contributed by atoms with van der Waals surface area (Å²) in [6.07, 6.45) is 0. The molecule has 1 atom stereocenters. The number of hydrogen-bond acceptors (Lipinski definition) is 6. The topological polar surface area (TPSA) is 84.1 Å². The van der Waals surface area contributed by atoms with Crippen LogP contribution in [0.3, 0.4) is 0 Å². The number of fused-ring (bicyclic) bond motifs is 1. The Labute approximate surface area is 148 Å². The number of nitrogens with one attached hydrogen (secondary N) is 2. The van der Waals surface area contributed by atoms with Crippen LogP contribution in [0.15, 0.2) is 35.1 Å². The molecule has 0 unspecified atom stereocenters. The number of para-hydroxylation sites is 1. The maximum Gasteiger partial charge on any atom is 0.348 e. The monoisotopic (exact) mass is 357 g/mol. The minimum atomic E-state index is -0.417. The number of thiophene rings is 1. The highest BCUT2D eigenvalue weighted by Gasteiger charge is 2.21. The Morgan fingerprint density at radius 3 is 2.76 bits per heavy atom. The van der Waals surface area contributed by atoms with Crippen molar-refractivity contribution in [1.29, 1.82) is 0 Å². The summed E-state index contributed by atoms with van der Waals surface area (Å²) in [6, 6.07) is 9.51. The summed E-state index contributed by atoms with van der Waals surface area (Å²) in [5.41, 5.74) is 1.31. The van der Waals surface area contributed by atoms with Gasteiger partial charge in [-0.1, -0.05) is 18.2 Å². The van der Waals surface area contributed by atoms with Gasteiger partial charge >= 0.3 is 5.97 Å². The van der Waals surface area contributed by atoms with Gasteiger partial charge in [-0.3, -0.25) is 4.79 Å². The van der Waals surface area contributed by atoms with Gasteiger partial charge < -0.3 is 15.0 Å². The second kappa shape index (κ2) is 7.06. The van der Waals surface area contributed by atoms with E-state index in [0.29, 0.717) is 33.1 Å². The number of carbonyl (C=O) groups is 1. The molecule has 0 bridgehead atoms. The molecular formula is C18H19N3O3S. The number of carbonyl (C=O) groups excluding carboxylic acids is 1. The number of rotatable bonds is 5. The normalized spacial score (nSPS) is 12.1. The van der Waals surface area contributed by atoms with Crippen LogP contribution in [0.5, 0.6) is 0 Å². The highest BCUT2D eigenvalue weighted by Crippen LogP contribution is 2.28. The third-order valence-electron chi connectivity index (χ3n) is 3.85. The maximum absolute atomic E-state index is 12.5. The van der Waals surface area contributed by atoms with E-state index in [1.807, 2.05) is 37.3 Å². The fourth-order valence-electron chi connectivity index (χ4n) is 2.61. The lowest BCUT2D eigenvalue weighted by molar-refractivity contribution is 0.0531. The molecule has 2 N–H and O–H groups in total. The minimum absolute atomic E-state index is 0.187. The van der Waals surface area contributed by atoms with Gasteiger partial charge in [-0.2, -0.15) is 0 Å². The molecule has 0 spiro atoms. The van der Waals surface area contributed by atoms with Gasteiger partial charge in [-0.15, -0.1) is 11.3 Å². The van der Waals surface area contributed by atoms with E-state index in [2.05, 4.69) is 15.3 Å². The minimum Gasteiger partial charge on any atom is -0.462 e. The second-order valence-corrected chi connectivity index (χ2v) is 6.64. The number of hydrogen-bond donors (Lipinski definition) is 2. The van der Waals surface area contributed by atoms with Crippen molar-refractivity contribution in [3.8, 4) is 0 Å². The van der Waals surface area contributed by atoms with Gasteiger partial charge in [0.1, 0.15) is 15.5 Å². The molecule has 130 valence electrons. The largest absolute Gasteiger partial charge is 0.462 e. The van der Waals surface area contributed by atoms with Crippen LogP contribution in [0.4, 0.5) is 5.69 Å². The second-order valence-electron chi connectivity index (χ2n) is 5.64. The average molecular weight is 357 g/mol. The van der Waals surface area contributed by atoms with Gasteiger partial charge in [0.05, 0.1) is 18.0 Å². The van der Waals surface area contributed by atoms with E-state index in [1.54, 1.807) is 13.8 Å². The van der Waals surface area contributed by atoms with Gasteiger partial charge in [-0.25, -0.2) is 9.78 Å². The first-order valence-electron chi connectivity index (χ1n) is 8.03. The number of aromatic amines is 1. The number of benzene rings is 1. The predicted octanol–water partition coefficient (Wildman–Crippen LogP) is 3.64. The van der Waals surface area contributed by atoms with Gasteiger partial charge in [0.2, 0.25) is 0 Å². The van der Waals surface area contributed by atoms with E-state index in [0.717, 1.165) is 5.69 Å². The zero-order valence-corrected chi connectivity index (χ0v) is 15.1. The third kappa shape index (κ3) is 3.41. The van der Waals surface area contributed by atoms with E-state index in [-0.39, 0.29) is 11.6 Å². The van der Waals surface area contributed by atoms with Crippen molar-refractivity contribution in [3.05, 3.63) is 57.0 Å². The van der Waals surface area contributed by atoms with Crippen LogP contribution in [-0.2, 0) is 4.74 Å². The SMILES string of the molecule is CCOC(=O)c1sc2nc([C@@H](C)Nc3ccccc3)[nH]c(=O)c2c1C. The third-order valence-corrected chi connectivity index (χ3v) is 5.01. The fraction of sp³-hybridized carbons (Fsp3) is 0.278. The van der Waals surface area contributed by atoms with Crippen molar-refractivity contribution in [2.75, 3.05) is 11.9 Å². The fourth-order valence-corrected chi connectivity index (χ4v) is 3.69. The number of H-pyrrole nitrogens is 1.